The summed E-state index contributed by atoms with van der Waals surface area (Å²) >= 11 is 7.72. The van der Waals surface area contributed by atoms with Crippen LogP contribution in [0.1, 0.15) is 44.6 Å². The van der Waals surface area contributed by atoms with Gasteiger partial charge in [0.05, 0.1) is 16.6 Å². The minimum Gasteiger partial charge on any atom is -0.396 e. The third kappa shape index (κ3) is 5.31. The molecule has 0 radical (unpaired) electrons. The van der Waals surface area contributed by atoms with Gasteiger partial charge in [0.25, 0.3) is 0 Å². The molecule has 39 heavy (non-hydrogen) atoms. The van der Waals surface area contributed by atoms with Gasteiger partial charge in [-0.2, -0.15) is 0 Å². The highest BCUT2D eigenvalue weighted by Gasteiger charge is 2.75. The Labute approximate surface area is 239 Å². The molecule has 3 aliphatic heterocycles. The van der Waals surface area contributed by atoms with Crippen LogP contribution in [0, 0.1) is 17.8 Å². The van der Waals surface area contributed by atoms with E-state index in [0.29, 0.717) is 23.8 Å². The lowest BCUT2D eigenvalue weighted by Crippen LogP contribution is -2.55. The number of anilines is 1. The number of hydrogen-bond acceptors (Lipinski definition) is 5. The van der Waals surface area contributed by atoms with Crippen molar-refractivity contribution in [3.05, 3.63) is 65.2 Å². The molecular weight excluding hydrogens is 534 g/mol. The molecule has 3 N–H and O–H groups in total. The SMILES string of the molecule is CC1C[C@@H]2SC13C(C(=O)Nc1ccc(Cl)cc1)N(CCCCCCO)C(=O)[C@@H]3[C@@H]2C(=O)NCc1ccccc1. The molecule has 1 spiro atoms. The summed E-state index contributed by atoms with van der Waals surface area (Å²) in [6, 6.07) is 16.1. The van der Waals surface area contributed by atoms with Gasteiger partial charge in [-0.05, 0) is 55.0 Å². The van der Waals surface area contributed by atoms with Crippen molar-refractivity contribution in [3.8, 4) is 0 Å². The molecule has 0 aromatic heterocycles. The number of fused-ring (bicyclic) bond motifs is 1. The van der Waals surface area contributed by atoms with E-state index >= 15 is 0 Å². The Bertz CT molecular complexity index is 1200. The van der Waals surface area contributed by atoms with Gasteiger partial charge < -0.3 is 20.6 Å². The van der Waals surface area contributed by atoms with E-state index in [-0.39, 0.29) is 35.5 Å². The lowest BCUT2D eigenvalue weighted by Gasteiger charge is -2.38. The second-order valence-electron chi connectivity index (χ2n) is 10.9. The van der Waals surface area contributed by atoms with Crippen LogP contribution in [0.25, 0.3) is 0 Å². The van der Waals surface area contributed by atoms with E-state index in [9.17, 15) is 14.4 Å². The number of aliphatic hydroxyl groups excluding tert-OH is 1. The second kappa shape index (κ2) is 11.9. The third-order valence-corrected chi connectivity index (χ3v) is 10.9. The Morgan fingerprint density at radius 1 is 1.05 bits per heavy atom. The predicted octanol–water partition coefficient (Wildman–Crippen LogP) is 4.48. The number of nitrogens with zero attached hydrogens (tertiary/aromatic N) is 1. The first kappa shape index (κ1) is 28.0. The lowest BCUT2D eigenvalue weighted by molar-refractivity contribution is -0.139. The average Bonchev–Trinajstić information content (AvgIpc) is 3.52. The van der Waals surface area contributed by atoms with E-state index in [4.69, 9.17) is 16.7 Å². The molecule has 2 aromatic carbocycles. The van der Waals surface area contributed by atoms with E-state index in [1.165, 1.54) is 0 Å². The largest absolute Gasteiger partial charge is 0.396 e. The number of benzene rings is 2. The van der Waals surface area contributed by atoms with Gasteiger partial charge in [-0.3, -0.25) is 14.4 Å². The number of likely N-dealkylation sites (tertiary alicyclic amines) is 1. The Kier molecular flexibility index (Phi) is 8.55. The van der Waals surface area contributed by atoms with E-state index in [2.05, 4.69) is 17.6 Å². The summed E-state index contributed by atoms with van der Waals surface area (Å²) in [6.45, 7) is 3.14. The second-order valence-corrected chi connectivity index (χ2v) is 12.9. The Morgan fingerprint density at radius 3 is 2.49 bits per heavy atom. The first-order valence-corrected chi connectivity index (χ1v) is 15.1. The summed E-state index contributed by atoms with van der Waals surface area (Å²) in [5.74, 6) is -1.30. The fourth-order valence-corrected chi connectivity index (χ4v) is 9.30. The Hall–Kier alpha value is -2.55. The van der Waals surface area contributed by atoms with Crippen LogP contribution in [0.3, 0.4) is 0 Å². The fourth-order valence-electron chi connectivity index (χ4n) is 6.75. The molecule has 3 amide bonds. The maximum Gasteiger partial charge on any atom is 0.248 e. The van der Waals surface area contributed by atoms with Crippen LogP contribution >= 0.6 is 23.4 Å². The van der Waals surface area contributed by atoms with Gasteiger partial charge in [0, 0.05) is 35.7 Å². The zero-order valence-electron chi connectivity index (χ0n) is 22.1. The first-order valence-electron chi connectivity index (χ1n) is 13.8. The van der Waals surface area contributed by atoms with Crippen molar-refractivity contribution in [3.63, 3.8) is 0 Å². The van der Waals surface area contributed by atoms with Crippen LogP contribution in [0.15, 0.2) is 54.6 Å². The molecule has 3 unspecified atom stereocenters. The monoisotopic (exact) mass is 569 g/mol. The van der Waals surface area contributed by atoms with Gasteiger partial charge in [-0.15, -0.1) is 11.8 Å². The van der Waals surface area contributed by atoms with Crippen LogP contribution < -0.4 is 10.6 Å². The van der Waals surface area contributed by atoms with Crippen molar-refractivity contribution in [2.24, 2.45) is 17.8 Å². The number of amides is 3. The van der Waals surface area contributed by atoms with Gasteiger partial charge in [-0.25, -0.2) is 0 Å². The maximum atomic E-state index is 14.1. The average molecular weight is 570 g/mol. The van der Waals surface area contributed by atoms with Crippen molar-refractivity contribution in [1.82, 2.24) is 10.2 Å². The molecule has 5 rings (SSSR count). The highest BCUT2D eigenvalue weighted by atomic mass is 35.5. The number of unbranched alkanes of at least 4 members (excludes halogenated alkanes) is 3. The highest BCUT2D eigenvalue weighted by Crippen LogP contribution is 2.68. The van der Waals surface area contributed by atoms with Crippen molar-refractivity contribution in [1.29, 1.82) is 0 Å². The number of halogens is 1. The molecule has 208 valence electrons. The van der Waals surface area contributed by atoms with Gasteiger partial charge >= 0.3 is 0 Å². The minimum absolute atomic E-state index is 0.00209. The summed E-state index contributed by atoms with van der Waals surface area (Å²) in [5, 5.41) is 15.8. The molecule has 3 saturated heterocycles. The zero-order chi connectivity index (χ0) is 27.6. The Morgan fingerprint density at radius 2 is 1.77 bits per heavy atom. The molecule has 3 fully saturated rings. The summed E-state index contributed by atoms with van der Waals surface area (Å²) in [7, 11) is 0. The van der Waals surface area contributed by atoms with Gasteiger partial charge in [0.2, 0.25) is 17.7 Å². The number of carbonyl (C=O) groups excluding carboxylic acids is 3. The number of aliphatic hydroxyl groups is 1. The van der Waals surface area contributed by atoms with Gasteiger partial charge in [0.15, 0.2) is 0 Å². The molecule has 2 bridgehead atoms. The van der Waals surface area contributed by atoms with Crippen LogP contribution in [0.2, 0.25) is 5.02 Å². The smallest absolute Gasteiger partial charge is 0.248 e. The van der Waals surface area contributed by atoms with Crippen molar-refractivity contribution in [2.75, 3.05) is 18.5 Å². The van der Waals surface area contributed by atoms with E-state index in [0.717, 1.165) is 37.7 Å². The molecule has 3 aliphatic rings. The summed E-state index contributed by atoms with van der Waals surface area (Å²) in [6.07, 6.45) is 3.99. The predicted molar refractivity (Wildman–Crippen MR) is 154 cm³/mol. The molecule has 2 aromatic rings. The molecule has 0 saturated carbocycles. The van der Waals surface area contributed by atoms with Crippen LogP contribution in [0.4, 0.5) is 5.69 Å². The standard InChI is InChI=1S/C30H36ClN3O4S/c1-19-17-23-24(27(36)32-18-20-9-5-4-6-10-20)25-29(38)34(15-7-2-3-8-16-35)26(30(19,25)39-23)28(37)33-22-13-11-21(31)12-14-22/h4-6,9-14,19,23-26,35H,2-3,7-8,15-18H2,1H3,(H,32,36)(H,33,37)/t19?,23-,24+,25-,26?,30?/m0/s1. The summed E-state index contributed by atoms with van der Waals surface area (Å²) < 4.78 is -0.655. The van der Waals surface area contributed by atoms with Gasteiger partial charge in [0.1, 0.15) is 6.04 Å². The highest BCUT2D eigenvalue weighted by molar-refractivity contribution is 8.02. The van der Waals surface area contributed by atoms with Gasteiger partial charge in [-0.1, -0.05) is 61.7 Å². The summed E-state index contributed by atoms with van der Waals surface area (Å²) in [4.78, 5) is 43.5. The molecule has 7 nitrogen and oxygen atoms in total. The third-order valence-electron chi connectivity index (χ3n) is 8.53. The molecule has 0 aliphatic carbocycles. The topological polar surface area (TPSA) is 98.7 Å². The summed E-state index contributed by atoms with van der Waals surface area (Å²) in [5.41, 5.74) is 1.63. The van der Waals surface area contributed by atoms with E-state index in [1.807, 2.05) is 30.3 Å². The lowest BCUT2D eigenvalue weighted by atomic mass is 9.66. The van der Waals surface area contributed by atoms with Crippen molar-refractivity contribution in [2.45, 2.75) is 61.6 Å². The van der Waals surface area contributed by atoms with E-state index < -0.39 is 22.6 Å². The molecule has 9 heteroatoms. The number of rotatable bonds is 11. The van der Waals surface area contributed by atoms with Crippen molar-refractivity contribution >= 4 is 46.8 Å². The Balaban J connectivity index is 1.41. The normalized spacial score (nSPS) is 28.9. The van der Waals surface area contributed by atoms with E-state index in [1.54, 1.807) is 40.9 Å². The zero-order valence-corrected chi connectivity index (χ0v) is 23.7. The number of carbonyl (C=O) groups is 3. The van der Waals surface area contributed by atoms with Crippen LogP contribution in [0.5, 0.6) is 0 Å². The molecule has 3 heterocycles. The fraction of sp³-hybridized carbons (Fsp3) is 0.500. The number of hydrogen-bond donors (Lipinski definition) is 3. The maximum absolute atomic E-state index is 14.1. The quantitative estimate of drug-likeness (QED) is 0.347. The van der Waals surface area contributed by atoms with Crippen molar-refractivity contribution < 1.29 is 19.5 Å². The first-order chi connectivity index (χ1) is 18.9. The number of thioether (sulfide) groups is 1. The minimum atomic E-state index is -0.666. The molecule has 6 atom stereocenters. The van der Waals surface area contributed by atoms with Crippen LogP contribution in [-0.2, 0) is 20.9 Å². The number of nitrogens with one attached hydrogen (secondary N) is 2. The van der Waals surface area contributed by atoms with Crippen LogP contribution in [-0.4, -0.2) is 56.9 Å². The molecular formula is C30H36ClN3O4S.